The van der Waals surface area contributed by atoms with E-state index < -0.39 is 0 Å². The van der Waals surface area contributed by atoms with Crippen LogP contribution in [0.5, 0.6) is 11.5 Å². The number of phenols is 1. The number of benzene rings is 1. The van der Waals surface area contributed by atoms with Crippen LogP contribution in [0.4, 0.5) is 0 Å². The van der Waals surface area contributed by atoms with Gasteiger partial charge in [0.15, 0.2) is 0 Å². The van der Waals surface area contributed by atoms with E-state index in [0.29, 0.717) is 18.9 Å². The molecule has 1 aromatic rings. The van der Waals surface area contributed by atoms with E-state index in [-0.39, 0.29) is 29.4 Å². The number of ether oxygens (including phenoxy) is 2. The number of phenolic OH excluding ortho intramolecular Hbond substituents is 1. The van der Waals surface area contributed by atoms with Gasteiger partial charge in [-0.3, -0.25) is 4.79 Å². The molecule has 0 aromatic heterocycles. The Kier molecular flexibility index (Phi) is 3.95. The highest BCUT2D eigenvalue weighted by Gasteiger charge is 2.29. The second-order valence-electron chi connectivity index (χ2n) is 4.83. The molecule has 0 bridgehead atoms. The predicted octanol–water partition coefficient (Wildman–Crippen LogP) is 1.65. The first-order chi connectivity index (χ1) is 9.02. The number of carbonyl (C=O) groups is 1. The van der Waals surface area contributed by atoms with Gasteiger partial charge in [0.2, 0.25) is 0 Å². The summed E-state index contributed by atoms with van der Waals surface area (Å²) in [5.74, 6) is 0.325. The molecule has 1 aromatic carbocycles. The number of methoxy groups -OCH3 is 1. The van der Waals surface area contributed by atoms with Crippen molar-refractivity contribution in [3.63, 3.8) is 0 Å². The van der Waals surface area contributed by atoms with Crippen LogP contribution in [0.2, 0.25) is 0 Å². The first-order valence-electron chi connectivity index (χ1n) is 6.32. The Morgan fingerprint density at radius 3 is 2.89 bits per heavy atom. The molecule has 5 heteroatoms. The molecule has 2 unspecified atom stereocenters. The summed E-state index contributed by atoms with van der Waals surface area (Å²) in [6.45, 7) is 4.90. The van der Waals surface area contributed by atoms with E-state index in [2.05, 4.69) is 0 Å². The van der Waals surface area contributed by atoms with Crippen molar-refractivity contribution < 1.29 is 19.4 Å². The van der Waals surface area contributed by atoms with E-state index in [1.165, 1.54) is 13.2 Å². The van der Waals surface area contributed by atoms with Crippen molar-refractivity contribution >= 4 is 5.91 Å². The lowest BCUT2D eigenvalue weighted by molar-refractivity contribution is -0.0387. The molecular formula is C14H19NO4. The molecule has 0 radical (unpaired) electrons. The van der Waals surface area contributed by atoms with E-state index in [9.17, 15) is 9.90 Å². The van der Waals surface area contributed by atoms with Gasteiger partial charge in [0.05, 0.1) is 31.4 Å². The van der Waals surface area contributed by atoms with Gasteiger partial charge < -0.3 is 19.5 Å². The lowest BCUT2D eigenvalue weighted by atomic mass is 10.1. The molecule has 0 saturated carbocycles. The highest BCUT2D eigenvalue weighted by molar-refractivity contribution is 5.97. The van der Waals surface area contributed by atoms with Gasteiger partial charge in [-0.1, -0.05) is 0 Å². The third-order valence-corrected chi connectivity index (χ3v) is 3.30. The molecular weight excluding hydrogens is 246 g/mol. The van der Waals surface area contributed by atoms with Gasteiger partial charge in [-0.05, 0) is 32.0 Å². The molecule has 2 atom stereocenters. The molecule has 1 heterocycles. The van der Waals surface area contributed by atoms with Crippen LogP contribution in [0.3, 0.4) is 0 Å². The van der Waals surface area contributed by atoms with Gasteiger partial charge in [-0.25, -0.2) is 0 Å². The van der Waals surface area contributed by atoms with Gasteiger partial charge in [-0.15, -0.1) is 0 Å². The molecule has 5 nitrogen and oxygen atoms in total. The second-order valence-corrected chi connectivity index (χ2v) is 4.83. The monoisotopic (exact) mass is 265 g/mol. The van der Waals surface area contributed by atoms with Crippen molar-refractivity contribution in [1.29, 1.82) is 0 Å². The van der Waals surface area contributed by atoms with Crippen LogP contribution in [-0.2, 0) is 4.74 Å². The van der Waals surface area contributed by atoms with Crippen LogP contribution in [0.25, 0.3) is 0 Å². The van der Waals surface area contributed by atoms with Crippen LogP contribution >= 0.6 is 0 Å². The van der Waals surface area contributed by atoms with Gasteiger partial charge >= 0.3 is 0 Å². The largest absolute Gasteiger partial charge is 0.507 e. The summed E-state index contributed by atoms with van der Waals surface area (Å²) in [7, 11) is 1.53. The third-order valence-electron chi connectivity index (χ3n) is 3.30. The zero-order valence-corrected chi connectivity index (χ0v) is 11.4. The molecule has 2 rings (SSSR count). The van der Waals surface area contributed by atoms with Crippen LogP contribution in [0.15, 0.2) is 18.2 Å². The van der Waals surface area contributed by atoms with E-state index in [0.717, 1.165) is 0 Å². The fraction of sp³-hybridized carbons (Fsp3) is 0.500. The minimum Gasteiger partial charge on any atom is -0.507 e. The molecule has 1 aliphatic rings. The van der Waals surface area contributed by atoms with Gasteiger partial charge in [0.1, 0.15) is 11.5 Å². The maximum absolute atomic E-state index is 12.5. The normalized spacial score (nSPS) is 23.2. The summed E-state index contributed by atoms with van der Waals surface area (Å²) in [5.41, 5.74) is 0.264. The van der Waals surface area contributed by atoms with Gasteiger partial charge in [0.25, 0.3) is 5.91 Å². The Morgan fingerprint density at radius 1 is 1.47 bits per heavy atom. The van der Waals surface area contributed by atoms with Crippen molar-refractivity contribution in [3.05, 3.63) is 23.8 Å². The van der Waals surface area contributed by atoms with Crippen molar-refractivity contribution in [2.75, 3.05) is 20.3 Å². The number of nitrogens with zero attached hydrogens (tertiary/aromatic N) is 1. The van der Waals surface area contributed by atoms with E-state index >= 15 is 0 Å². The summed E-state index contributed by atoms with van der Waals surface area (Å²) < 4.78 is 10.6. The Hall–Kier alpha value is -1.75. The number of aromatic hydroxyl groups is 1. The highest BCUT2D eigenvalue weighted by Crippen LogP contribution is 2.26. The molecule has 104 valence electrons. The molecule has 1 fully saturated rings. The molecule has 1 N–H and O–H groups in total. The first kappa shape index (κ1) is 13.7. The number of amides is 1. The minimum atomic E-state index is -0.195. The van der Waals surface area contributed by atoms with E-state index in [1.807, 2.05) is 13.8 Å². The summed E-state index contributed by atoms with van der Waals surface area (Å²) in [5, 5.41) is 9.85. The number of hydrogen-bond donors (Lipinski definition) is 1. The van der Waals surface area contributed by atoms with E-state index in [4.69, 9.17) is 9.47 Å². The molecule has 19 heavy (non-hydrogen) atoms. The zero-order valence-electron chi connectivity index (χ0n) is 11.4. The van der Waals surface area contributed by atoms with E-state index in [1.54, 1.807) is 17.0 Å². The maximum Gasteiger partial charge on any atom is 0.258 e. The Bertz CT molecular complexity index is 475. The fourth-order valence-corrected chi connectivity index (χ4v) is 2.15. The summed E-state index contributed by atoms with van der Waals surface area (Å²) >= 11 is 0. The maximum atomic E-state index is 12.5. The lowest BCUT2D eigenvalue weighted by Gasteiger charge is -2.37. The topological polar surface area (TPSA) is 59.0 Å². The smallest absolute Gasteiger partial charge is 0.258 e. The second kappa shape index (κ2) is 5.48. The average molecular weight is 265 g/mol. The molecule has 0 spiro atoms. The predicted molar refractivity (Wildman–Crippen MR) is 70.6 cm³/mol. The summed E-state index contributed by atoms with van der Waals surface area (Å²) in [6.07, 6.45) is 0.00732. The number of morpholine rings is 1. The van der Waals surface area contributed by atoms with Crippen LogP contribution in [0, 0.1) is 0 Å². The SMILES string of the molecule is COc1ccc(O)c(C(=O)N2CC(C)OCC2C)c1. The van der Waals surface area contributed by atoms with Crippen LogP contribution in [-0.4, -0.2) is 48.3 Å². The lowest BCUT2D eigenvalue weighted by Crippen LogP contribution is -2.50. The molecule has 1 saturated heterocycles. The highest BCUT2D eigenvalue weighted by atomic mass is 16.5. The van der Waals surface area contributed by atoms with Crippen molar-refractivity contribution in [3.8, 4) is 11.5 Å². The molecule has 1 amide bonds. The van der Waals surface area contributed by atoms with Crippen LogP contribution in [0.1, 0.15) is 24.2 Å². The minimum absolute atomic E-state index is 0.00528. The van der Waals surface area contributed by atoms with Crippen molar-refractivity contribution in [1.82, 2.24) is 4.90 Å². The summed E-state index contributed by atoms with van der Waals surface area (Å²) in [4.78, 5) is 14.2. The fourth-order valence-electron chi connectivity index (χ4n) is 2.15. The number of rotatable bonds is 2. The van der Waals surface area contributed by atoms with Gasteiger partial charge in [0, 0.05) is 6.54 Å². The van der Waals surface area contributed by atoms with Crippen molar-refractivity contribution in [2.24, 2.45) is 0 Å². The number of carbonyl (C=O) groups excluding carboxylic acids is 1. The Labute approximate surface area is 112 Å². The quantitative estimate of drug-likeness (QED) is 0.883. The summed E-state index contributed by atoms with van der Waals surface area (Å²) in [6, 6.07) is 4.65. The van der Waals surface area contributed by atoms with Crippen LogP contribution < -0.4 is 4.74 Å². The zero-order chi connectivity index (χ0) is 14.0. The molecule has 1 aliphatic heterocycles. The Morgan fingerprint density at radius 2 is 2.21 bits per heavy atom. The van der Waals surface area contributed by atoms with Gasteiger partial charge in [-0.2, -0.15) is 0 Å². The number of hydrogen-bond acceptors (Lipinski definition) is 4. The standard InChI is InChI=1S/C14H19NO4/c1-9-8-19-10(2)7-15(9)14(17)12-6-11(18-3)4-5-13(12)16/h4-6,9-10,16H,7-8H2,1-3H3. The third kappa shape index (κ3) is 2.81. The molecule has 0 aliphatic carbocycles. The average Bonchev–Trinajstić information content (AvgIpc) is 2.41. The van der Waals surface area contributed by atoms with Crippen molar-refractivity contribution in [2.45, 2.75) is 26.0 Å². The Balaban J connectivity index is 2.27. The first-order valence-corrected chi connectivity index (χ1v) is 6.32.